The summed E-state index contributed by atoms with van der Waals surface area (Å²) in [6.45, 7) is 2.15. The molecule has 0 saturated carbocycles. The molecule has 4 N–H and O–H groups in total. The summed E-state index contributed by atoms with van der Waals surface area (Å²) < 4.78 is 0. The predicted octanol–water partition coefficient (Wildman–Crippen LogP) is -0.517. The molecule has 0 aliphatic carbocycles. The highest BCUT2D eigenvalue weighted by Crippen LogP contribution is 2.01. The average molecular weight is 236 g/mol. The number of rotatable bonds is 6. The molecule has 88 valence electrons. The van der Waals surface area contributed by atoms with E-state index in [4.69, 9.17) is 10.2 Å². The van der Waals surface area contributed by atoms with E-state index in [1.165, 1.54) is 0 Å². The molecule has 0 spiro atoms. The standard InChI is InChI=1S/C8H16N2O4S/c1-5(15-2)3-9-8(14)10-4-6(11)7(12)13/h5-6,11H,3-4H2,1-2H3,(H,12,13)(H2,9,10,14). The van der Waals surface area contributed by atoms with E-state index < -0.39 is 18.1 Å². The van der Waals surface area contributed by atoms with Crippen molar-refractivity contribution in [3.05, 3.63) is 0 Å². The summed E-state index contributed by atoms with van der Waals surface area (Å²) in [5.74, 6) is -1.35. The number of carboxylic acid groups (broad SMARTS) is 1. The molecule has 0 rings (SSSR count). The third-order valence-corrected chi connectivity index (χ3v) is 2.66. The van der Waals surface area contributed by atoms with Crippen molar-refractivity contribution in [3.63, 3.8) is 0 Å². The third-order valence-electron chi connectivity index (χ3n) is 1.69. The van der Waals surface area contributed by atoms with E-state index in [0.717, 1.165) is 0 Å². The molecule has 6 nitrogen and oxygen atoms in total. The molecule has 15 heavy (non-hydrogen) atoms. The van der Waals surface area contributed by atoms with Crippen molar-refractivity contribution < 1.29 is 19.8 Å². The zero-order valence-electron chi connectivity index (χ0n) is 8.69. The van der Waals surface area contributed by atoms with Gasteiger partial charge in [-0.1, -0.05) is 6.92 Å². The van der Waals surface area contributed by atoms with Crippen LogP contribution in [0, 0.1) is 0 Å². The van der Waals surface area contributed by atoms with Crippen LogP contribution in [0.25, 0.3) is 0 Å². The lowest BCUT2D eigenvalue weighted by Crippen LogP contribution is -2.43. The van der Waals surface area contributed by atoms with Crippen molar-refractivity contribution in [2.24, 2.45) is 0 Å². The van der Waals surface area contributed by atoms with Gasteiger partial charge < -0.3 is 20.8 Å². The van der Waals surface area contributed by atoms with E-state index >= 15 is 0 Å². The van der Waals surface area contributed by atoms with Crippen LogP contribution in [0.4, 0.5) is 4.79 Å². The normalized spacial score (nSPS) is 14.1. The van der Waals surface area contributed by atoms with Gasteiger partial charge in [0.25, 0.3) is 0 Å². The van der Waals surface area contributed by atoms with Gasteiger partial charge in [-0.3, -0.25) is 0 Å². The topological polar surface area (TPSA) is 98.7 Å². The zero-order chi connectivity index (χ0) is 11.8. The highest BCUT2D eigenvalue weighted by atomic mass is 32.2. The number of urea groups is 1. The predicted molar refractivity (Wildman–Crippen MR) is 58.0 cm³/mol. The third kappa shape index (κ3) is 7.03. The highest BCUT2D eigenvalue weighted by molar-refractivity contribution is 7.99. The van der Waals surface area contributed by atoms with Gasteiger partial charge in [0.05, 0.1) is 6.54 Å². The number of carbonyl (C=O) groups is 2. The first kappa shape index (κ1) is 14.1. The second kappa shape index (κ2) is 7.36. The molecule has 0 bridgehead atoms. The van der Waals surface area contributed by atoms with Crippen LogP contribution in [-0.4, -0.2) is 52.9 Å². The maximum Gasteiger partial charge on any atom is 0.334 e. The van der Waals surface area contributed by atoms with Gasteiger partial charge in [-0.2, -0.15) is 11.8 Å². The van der Waals surface area contributed by atoms with Gasteiger partial charge in [0.1, 0.15) is 0 Å². The van der Waals surface area contributed by atoms with Crippen LogP contribution in [0.15, 0.2) is 0 Å². The molecule has 2 amide bonds. The highest BCUT2D eigenvalue weighted by Gasteiger charge is 2.13. The Kier molecular flexibility index (Phi) is 6.89. The summed E-state index contributed by atoms with van der Waals surface area (Å²) in [5.41, 5.74) is 0. The van der Waals surface area contributed by atoms with Gasteiger partial charge in [0.2, 0.25) is 0 Å². The monoisotopic (exact) mass is 236 g/mol. The summed E-state index contributed by atoms with van der Waals surface area (Å²) in [7, 11) is 0. The molecule has 0 fully saturated rings. The molecule has 0 heterocycles. The van der Waals surface area contributed by atoms with Crippen molar-refractivity contribution in [2.45, 2.75) is 18.3 Å². The molecule has 2 atom stereocenters. The summed E-state index contributed by atoms with van der Waals surface area (Å²) in [4.78, 5) is 21.3. The fourth-order valence-corrected chi connectivity index (χ4v) is 0.909. The van der Waals surface area contributed by atoms with E-state index in [9.17, 15) is 9.59 Å². The fraction of sp³-hybridized carbons (Fsp3) is 0.750. The van der Waals surface area contributed by atoms with Gasteiger partial charge in [0.15, 0.2) is 6.10 Å². The van der Waals surface area contributed by atoms with Gasteiger partial charge in [-0.05, 0) is 6.26 Å². The van der Waals surface area contributed by atoms with Crippen molar-refractivity contribution in [1.82, 2.24) is 10.6 Å². The number of carboxylic acids is 1. The zero-order valence-corrected chi connectivity index (χ0v) is 9.50. The van der Waals surface area contributed by atoms with E-state index in [1.54, 1.807) is 11.8 Å². The second-order valence-corrected chi connectivity index (χ2v) is 4.27. The fourth-order valence-electron chi connectivity index (χ4n) is 0.659. The minimum Gasteiger partial charge on any atom is -0.479 e. The quantitative estimate of drug-likeness (QED) is 0.497. The molecule has 7 heteroatoms. The van der Waals surface area contributed by atoms with Crippen molar-refractivity contribution >= 4 is 23.8 Å². The number of nitrogens with one attached hydrogen (secondary N) is 2. The number of aliphatic carboxylic acids is 1. The molecular formula is C8H16N2O4S. The van der Waals surface area contributed by atoms with E-state index in [0.29, 0.717) is 11.8 Å². The molecule has 0 saturated heterocycles. The Hall–Kier alpha value is -0.950. The van der Waals surface area contributed by atoms with Crippen LogP contribution in [0.1, 0.15) is 6.92 Å². The van der Waals surface area contributed by atoms with Crippen LogP contribution >= 0.6 is 11.8 Å². The summed E-state index contributed by atoms with van der Waals surface area (Å²) in [5, 5.41) is 22.3. The summed E-state index contributed by atoms with van der Waals surface area (Å²) >= 11 is 1.61. The maximum atomic E-state index is 11.1. The van der Waals surface area contributed by atoms with Crippen LogP contribution in [0.3, 0.4) is 0 Å². The van der Waals surface area contributed by atoms with Gasteiger partial charge >= 0.3 is 12.0 Å². The smallest absolute Gasteiger partial charge is 0.334 e. The average Bonchev–Trinajstić information content (AvgIpc) is 2.21. The second-order valence-electron chi connectivity index (χ2n) is 2.99. The van der Waals surface area contributed by atoms with Gasteiger partial charge in [-0.15, -0.1) is 0 Å². The Morgan fingerprint density at radius 1 is 1.33 bits per heavy atom. The SMILES string of the molecule is CSC(C)CNC(=O)NCC(O)C(=O)O. The number of carbonyl (C=O) groups excluding carboxylic acids is 1. The number of hydrogen-bond donors (Lipinski definition) is 4. The Morgan fingerprint density at radius 2 is 1.87 bits per heavy atom. The first-order chi connectivity index (χ1) is 6.97. The molecule has 2 unspecified atom stereocenters. The molecular weight excluding hydrogens is 220 g/mol. The van der Waals surface area contributed by atoms with E-state index in [1.807, 2.05) is 13.2 Å². The van der Waals surface area contributed by atoms with Gasteiger partial charge in [-0.25, -0.2) is 9.59 Å². The van der Waals surface area contributed by atoms with Crippen LogP contribution < -0.4 is 10.6 Å². The number of hydrogen-bond acceptors (Lipinski definition) is 4. The molecule has 0 aromatic carbocycles. The van der Waals surface area contributed by atoms with Crippen molar-refractivity contribution in [3.8, 4) is 0 Å². The number of amides is 2. The molecule has 0 aromatic rings. The Balaban J connectivity index is 3.62. The molecule has 0 aliphatic rings. The van der Waals surface area contributed by atoms with Crippen LogP contribution in [0.5, 0.6) is 0 Å². The first-order valence-electron chi connectivity index (χ1n) is 4.42. The Morgan fingerprint density at radius 3 is 2.33 bits per heavy atom. The lowest BCUT2D eigenvalue weighted by Gasteiger charge is -2.11. The molecule has 0 radical (unpaired) electrons. The summed E-state index contributed by atoms with van der Waals surface area (Å²) in [6.07, 6.45) is 0.368. The van der Waals surface area contributed by atoms with Crippen molar-refractivity contribution in [1.29, 1.82) is 0 Å². The number of aliphatic hydroxyl groups excluding tert-OH is 1. The summed E-state index contributed by atoms with van der Waals surface area (Å²) in [6, 6.07) is -0.476. The van der Waals surface area contributed by atoms with E-state index in [2.05, 4.69) is 10.6 Å². The largest absolute Gasteiger partial charge is 0.479 e. The van der Waals surface area contributed by atoms with Crippen LogP contribution in [-0.2, 0) is 4.79 Å². The van der Waals surface area contributed by atoms with Crippen LogP contribution in [0.2, 0.25) is 0 Å². The van der Waals surface area contributed by atoms with E-state index in [-0.39, 0.29) is 6.54 Å². The van der Waals surface area contributed by atoms with Gasteiger partial charge in [0, 0.05) is 11.8 Å². The maximum absolute atomic E-state index is 11.1. The Labute approximate surface area is 92.4 Å². The lowest BCUT2D eigenvalue weighted by atomic mass is 10.3. The molecule has 0 aromatic heterocycles. The number of aliphatic hydroxyl groups is 1. The minimum absolute atomic E-state index is 0.292. The lowest BCUT2D eigenvalue weighted by molar-refractivity contribution is -0.146. The Bertz CT molecular complexity index is 225. The first-order valence-corrected chi connectivity index (χ1v) is 5.71. The van der Waals surface area contributed by atoms with Crippen molar-refractivity contribution in [2.75, 3.05) is 19.3 Å². The number of thioether (sulfide) groups is 1. The minimum atomic E-state index is -1.56. The molecule has 0 aliphatic heterocycles.